The second kappa shape index (κ2) is 6.27. The van der Waals surface area contributed by atoms with Crippen LogP contribution in [0.3, 0.4) is 0 Å². The number of aromatic nitrogens is 1. The topological polar surface area (TPSA) is 54.4 Å². The predicted molar refractivity (Wildman–Crippen MR) is 79.5 cm³/mol. The van der Waals surface area contributed by atoms with Crippen molar-refractivity contribution in [3.63, 3.8) is 0 Å². The quantitative estimate of drug-likeness (QED) is 0.522. The van der Waals surface area contributed by atoms with Crippen LogP contribution in [0.5, 0.6) is 0 Å². The molecule has 2 rings (SSSR count). The Morgan fingerprint density at radius 1 is 1.41 bits per heavy atom. The number of benzene rings is 1. The lowest BCUT2D eigenvalue weighted by molar-refractivity contribution is -0.137. The number of halogens is 3. The zero-order valence-electron chi connectivity index (χ0n) is 11.7. The monoisotopic (exact) mass is 327 g/mol. The van der Waals surface area contributed by atoms with E-state index in [1.54, 1.807) is 6.92 Å². The molecule has 1 heterocycles. The first kappa shape index (κ1) is 16.2. The van der Waals surface area contributed by atoms with Crippen molar-refractivity contribution in [1.29, 1.82) is 0 Å². The molecule has 0 saturated carbocycles. The standard InChI is InChI=1S/C14H12F3N3OS/c1-8-12(9(2)21)22-13(19-8)20-18-7-10-4-3-5-11(6-10)14(15,16)17/h3-7H,1-2H3,(H,19,20)/b18-7-. The van der Waals surface area contributed by atoms with Crippen molar-refractivity contribution in [2.75, 3.05) is 5.43 Å². The van der Waals surface area contributed by atoms with Crippen LogP contribution in [0.4, 0.5) is 18.3 Å². The summed E-state index contributed by atoms with van der Waals surface area (Å²) in [4.78, 5) is 15.9. The average molecular weight is 327 g/mol. The van der Waals surface area contributed by atoms with E-state index in [0.717, 1.165) is 23.5 Å². The molecule has 0 radical (unpaired) electrons. The summed E-state index contributed by atoms with van der Waals surface area (Å²) in [5.41, 5.74) is 2.77. The number of aryl methyl sites for hydroxylation is 1. The molecule has 0 saturated heterocycles. The van der Waals surface area contributed by atoms with Gasteiger partial charge in [0.1, 0.15) is 0 Å². The summed E-state index contributed by atoms with van der Waals surface area (Å²) in [6.07, 6.45) is -3.13. The number of nitrogens with one attached hydrogen (secondary N) is 1. The lowest BCUT2D eigenvalue weighted by Crippen LogP contribution is -2.05. The van der Waals surface area contributed by atoms with E-state index >= 15 is 0 Å². The first-order valence-electron chi connectivity index (χ1n) is 6.22. The number of hydrogen-bond donors (Lipinski definition) is 1. The summed E-state index contributed by atoms with van der Waals surface area (Å²) in [5.74, 6) is -0.0927. The van der Waals surface area contributed by atoms with Crippen molar-refractivity contribution in [1.82, 2.24) is 4.98 Å². The van der Waals surface area contributed by atoms with Gasteiger partial charge in [-0.05, 0) is 24.6 Å². The van der Waals surface area contributed by atoms with Crippen LogP contribution in [-0.2, 0) is 6.18 Å². The molecule has 0 aliphatic rings. The third-order valence-electron chi connectivity index (χ3n) is 2.70. The largest absolute Gasteiger partial charge is 0.416 e. The summed E-state index contributed by atoms with van der Waals surface area (Å²) in [5, 5.41) is 4.25. The fourth-order valence-electron chi connectivity index (χ4n) is 1.73. The van der Waals surface area contributed by atoms with Crippen LogP contribution in [0.15, 0.2) is 29.4 Å². The minimum absolute atomic E-state index is 0.0927. The van der Waals surface area contributed by atoms with Crippen molar-refractivity contribution in [3.8, 4) is 0 Å². The molecule has 4 nitrogen and oxygen atoms in total. The van der Waals surface area contributed by atoms with E-state index in [0.29, 0.717) is 21.3 Å². The number of Topliss-reactive ketones (excluding diaryl/α,β-unsaturated/α-hetero) is 1. The van der Waals surface area contributed by atoms with E-state index in [2.05, 4.69) is 15.5 Å². The molecule has 1 aromatic carbocycles. The molecule has 0 bridgehead atoms. The molecule has 22 heavy (non-hydrogen) atoms. The first-order chi connectivity index (χ1) is 10.3. The summed E-state index contributed by atoms with van der Waals surface area (Å²) in [6.45, 7) is 3.14. The summed E-state index contributed by atoms with van der Waals surface area (Å²) in [6, 6.07) is 4.81. The van der Waals surface area contributed by atoms with E-state index in [1.807, 2.05) is 0 Å². The van der Waals surface area contributed by atoms with Gasteiger partial charge in [-0.3, -0.25) is 10.2 Å². The number of hydrazone groups is 1. The Kier molecular flexibility index (Phi) is 4.60. The van der Waals surface area contributed by atoms with Gasteiger partial charge in [-0.15, -0.1) is 0 Å². The number of hydrogen-bond acceptors (Lipinski definition) is 5. The van der Waals surface area contributed by atoms with E-state index in [4.69, 9.17) is 0 Å². The third kappa shape index (κ3) is 3.91. The van der Waals surface area contributed by atoms with Crippen molar-refractivity contribution in [3.05, 3.63) is 46.0 Å². The summed E-state index contributed by atoms with van der Waals surface area (Å²) < 4.78 is 37.7. The maximum atomic E-state index is 12.6. The molecule has 0 amide bonds. The van der Waals surface area contributed by atoms with Gasteiger partial charge in [0.15, 0.2) is 5.78 Å². The Morgan fingerprint density at radius 2 is 2.14 bits per heavy atom. The molecule has 0 fully saturated rings. The molecule has 1 N–H and O–H groups in total. The van der Waals surface area contributed by atoms with Crippen LogP contribution in [0.1, 0.15) is 33.4 Å². The van der Waals surface area contributed by atoms with Gasteiger partial charge in [-0.2, -0.15) is 18.3 Å². The second-order valence-electron chi connectivity index (χ2n) is 4.48. The molecule has 0 spiro atoms. The average Bonchev–Trinajstić information content (AvgIpc) is 2.79. The highest BCUT2D eigenvalue weighted by Gasteiger charge is 2.30. The molecule has 0 atom stereocenters. The maximum Gasteiger partial charge on any atom is 0.416 e. The van der Waals surface area contributed by atoms with Crippen LogP contribution in [0.2, 0.25) is 0 Å². The van der Waals surface area contributed by atoms with E-state index in [1.165, 1.54) is 25.3 Å². The Bertz CT molecular complexity index is 722. The molecular formula is C14H12F3N3OS. The molecule has 8 heteroatoms. The van der Waals surface area contributed by atoms with Crippen molar-refractivity contribution in [2.24, 2.45) is 5.10 Å². The van der Waals surface area contributed by atoms with E-state index in [9.17, 15) is 18.0 Å². The first-order valence-corrected chi connectivity index (χ1v) is 7.03. The van der Waals surface area contributed by atoms with Crippen LogP contribution in [0.25, 0.3) is 0 Å². The molecule has 1 aromatic heterocycles. The highest BCUT2D eigenvalue weighted by atomic mass is 32.1. The summed E-state index contributed by atoms with van der Waals surface area (Å²) >= 11 is 1.14. The SMILES string of the molecule is CC(=O)c1sc(N/N=C\c2cccc(C(F)(F)F)c2)nc1C. The molecule has 116 valence electrons. The van der Waals surface area contributed by atoms with Gasteiger partial charge in [0.2, 0.25) is 5.13 Å². The van der Waals surface area contributed by atoms with Gasteiger partial charge in [0.25, 0.3) is 0 Å². The smallest absolute Gasteiger partial charge is 0.294 e. The fourth-order valence-corrected chi connectivity index (χ4v) is 2.54. The lowest BCUT2D eigenvalue weighted by Gasteiger charge is -2.06. The normalized spacial score (nSPS) is 11.9. The number of carbonyl (C=O) groups is 1. The van der Waals surface area contributed by atoms with Crippen molar-refractivity contribution >= 4 is 28.5 Å². The van der Waals surface area contributed by atoms with E-state index in [-0.39, 0.29) is 5.78 Å². The molecule has 0 aliphatic carbocycles. The Hall–Kier alpha value is -2.22. The minimum atomic E-state index is -4.39. The Balaban J connectivity index is 2.10. The molecule has 2 aromatic rings. The number of carbonyl (C=O) groups excluding carboxylic acids is 1. The van der Waals surface area contributed by atoms with Crippen LogP contribution < -0.4 is 5.43 Å². The molecule has 0 aliphatic heterocycles. The number of anilines is 1. The number of alkyl halides is 3. The van der Waals surface area contributed by atoms with E-state index < -0.39 is 11.7 Å². The number of thiazole rings is 1. The molecular weight excluding hydrogens is 315 g/mol. The van der Waals surface area contributed by atoms with Gasteiger partial charge in [0, 0.05) is 6.92 Å². The van der Waals surface area contributed by atoms with Crippen LogP contribution in [0, 0.1) is 6.92 Å². The van der Waals surface area contributed by atoms with Gasteiger partial charge in [-0.1, -0.05) is 23.5 Å². The van der Waals surface area contributed by atoms with Crippen molar-refractivity contribution < 1.29 is 18.0 Å². The van der Waals surface area contributed by atoms with Gasteiger partial charge < -0.3 is 0 Å². The highest BCUT2D eigenvalue weighted by molar-refractivity contribution is 7.17. The lowest BCUT2D eigenvalue weighted by atomic mass is 10.1. The minimum Gasteiger partial charge on any atom is -0.294 e. The molecule has 0 unspecified atom stereocenters. The second-order valence-corrected chi connectivity index (χ2v) is 5.48. The Labute approximate surface area is 128 Å². The summed E-state index contributed by atoms with van der Waals surface area (Å²) in [7, 11) is 0. The zero-order valence-corrected chi connectivity index (χ0v) is 12.5. The number of nitrogens with zero attached hydrogens (tertiary/aromatic N) is 2. The maximum absolute atomic E-state index is 12.6. The highest BCUT2D eigenvalue weighted by Crippen LogP contribution is 2.29. The number of rotatable bonds is 4. The van der Waals surface area contributed by atoms with Gasteiger partial charge in [-0.25, -0.2) is 4.98 Å². The zero-order chi connectivity index (χ0) is 16.3. The van der Waals surface area contributed by atoms with Crippen LogP contribution >= 0.6 is 11.3 Å². The van der Waals surface area contributed by atoms with Crippen molar-refractivity contribution in [2.45, 2.75) is 20.0 Å². The van der Waals surface area contributed by atoms with Crippen LogP contribution in [-0.4, -0.2) is 17.0 Å². The van der Waals surface area contributed by atoms with Gasteiger partial charge in [0.05, 0.1) is 22.3 Å². The third-order valence-corrected chi connectivity index (χ3v) is 3.87. The van der Waals surface area contributed by atoms with Gasteiger partial charge >= 0.3 is 6.18 Å². The fraction of sp³-hybridized carbons (Fsp3) is 0.214. The number of ketones is 1. The Morgan fingerprint density at radius 3 is 2.73 bits per heavy atom. The predicted octanol–water partition coefficient (Wildman–Crippen LogP) is 4.12.